The third kappa shape index (κ3) is 9.13. The zero-order chi connectivity index (χ0) is 18.5. The molecular weight excluding hydrogens is 318 g/mol. The van der Waals surface area contributed by atoms with E-state index in [1.165, 1.54) is 63.1 Å². The molecule has 0 fully saturated rings. The van der Waals surface area contributed by atoms with Crippen LogP contribution >= 0.6 is 0 Å². The van der Waals surface area contributed by atoms with Gasteiger partial charge in [-0.15, -0.1) is 0 Å². The first-order valence-electron chi connectivity index (χ1n) is 9.40. The number of rotatable bonds is 13. The molecule has 0 radical (unpaired) electrons. The Morgan fingerprint density at radius 2 is 1.48 bits per heavy atom. The molecule has 3 N–H and O–H groups in total. The lowest BCUT2D eigenvalue weighted by atomic mass is 10.1. The van der Waals surface area contributed by atoms with Crippen molar-refractivity contribution in [3.63, 3.8) is 0 Å². The lowest BCUT2D eigenvalue weighted by Gasteiger charge is -2.07. The van der Waals surface area contributed by atoms with Crippen molar-refractivity contribution >= 4 is 17.6 Å². The van der Waals surface area contributed by atoms with E-state index >= 15 is 0 Å². The number of anilines is 1. The standard InChI is InChI=1S/C20H31NO4/c1-2-3-4-5-6-7-8-9-10-11-12-19(23)21-16-13-14-17(20(24)25)18(22)15-16/h13-15,22H,2-12H2,1H3,(H,21,23)(H,24,25). The lowest BCUT2D eigenvalue weighted by molar-refractivity contribution is -0.116. The Bertz CT molecular complexity index is 542. The molecule has 1 aromatic rings. The Balaban J connectivity index is 2.11. The summed E-state index contributed by atoms with van der Waals surface area (Å²) < 4.78 is 0. The molecule has 0 aliphatic carbocycles. The zero-order valence-electron chi connectivity index (χ0n) is 15.2. The molecule has 1 rings (SSSR count). The molecule has 1 amide bonds. The van der Waals surface area contributed by atoms with Crippen LogP contribution in [0.4, 0.5) is 5.69 Å². The maximum atomic E-state index is 11.9. The largest absolute Gasteiger partial charge is 0.507 e. The summed E-state index contributed by atoms with van der Waals surface area (Å²) in [6.07, 6.45) is 12.6. The SMILES string of the molecule is CCCCCCCCCCCCC(=O)Nc1ccc(C(=O)O)c(O)c1. The number of carboxylic acids is 1. The quantitative estimate of drug-likeness (QED) is 0.419. The van der Waals surface area contributed by atoms with Crippen molar-refractivity contribution in [1.82, 2.24) is 0 Å². The van der Waals surface area contributed by atoms with E-state index < -0.39 is 5.97 Å². The highest BCUT2D eigenvalue weighted by Crippen LogP contribution is 2.22. The maximum absolute atomic E-state index is 11.9. The van der Waals surface area contributed by atoms with Gasteiger partial charge >= 0.3 is 5.97 Å². The number of aromatic carboxylic acids is 1. The number of amides is 1. The van der Waals surface area contributed by atoms with E-state index in [0.29, 0.717) is 12.1 Å². The van der Waals surface area contributed by atoms with Gasteiger partial charge in [0.2, 0.25) is 5.91 Å². The van der Waals surface area contributed by atoms with Crippen molar-refractivity contribution in [2.24, 2.45) is 0 Å². The van der Waals surface area contributed by atoms with Gasteiger partial charge in [0, 0.05) is 18.2 Å². The molecule has 25 heavy (non-hydrogen) atoms. The number of carbonyl (C=O) groups excluding carboxylic acids is 1. The summed E-state index contributed by atoms with van der Waals surface area (Å²) in [7, 11) is 0. The fourth-order valence-electron chi connectivity index (χ4n) is 2.79. The summed E-state index contributed by atoms with van der Waals surface area (Å²) in [5.41, 5.74) is 0.243. The number of unbranched alkanes of at least 4 members (excludes halogenated alkanes) is 9. The van der Waals surface area contributed by atoms with Gasteiger partial charge in [-0.1, -0.05) is 64.7 Å². The Morgan fingerprint density at radius 3 is 2.00 bits per heavy atom. The molecule has 0 unspecified atom stereocenters. The molecule has 0 saturated heterocycles. The summed E-state index contributed by atoms with van der Waals surface area (Å²) in [6.45, 7) is 2.23. The van der Waals surface area contributed by atoms with E-state index in [0.717, 1.165) is 19.3 Å². The topological polar surface area (TPSA) is 86.6 Å². The van der Waals surface area contributed by atoms with Gasteiger partial charge in [0.25, 0.3) is 0 Å². The average Bonchev–Trinajstić information content (AvgIpc) is 2.56. The van der Waals surface area contributed by atoms with E-state index in [-0.39, 0.29) is 17.2 Å². The van der Waals surface area contributed by atoms with Crippen LogP contribution < -0.4 is 5.32 Å². The van der Waals surface area contributed by atoms with Crippen LogP contribution in [0.25, 0.3) is 0 Å². The van der Waals surface area contributed by atoms with Crippen molar-refractivity contribution in [3.8, 4) is 5.75 Å². The minimum Gasteiger partial charge on any atom is -0.507 e. The highest BCUT2D eigenvalue weighted by atomic mass is 16.4. The summed E-state index contributed by atoms with van der Waals surface area (Å²) >= 11 is 0. The van der Waals surface area contributed by atoms with Crippen LogP contribution in [0.15, 0.2) is 18.2 Å². The Labute approximate surface area is 150 Å². The smallest absolute Gasteiger partial charge is 0.339 e. The second kappa shape index (κ2) is 12.3. The molecule has 0 spiro atoms. The van der Waals surface area contributed by atoms with Crippen LogP contribution in [-0.2, 0) is 4.79 Å². The van der Waals surface area contributed by atoms with Crippen molar-refractivity contribution in [2.75, 3.05) is 5.32 Å². The summed E-state index contributed by atoms with van der Waals surface area (Å²) in [5.74, 6) is -1.65. The Kier molecular flexibility index (Phi) is 10.4. The number of hydrogen-bond donors (Lipinski definition) is 3. The molecular formula is C20H31NO4. The van der Waals surface area contributed by atoms with Crippen molar-refractivity contribution in [2.45, 2.75) is 77.6 Å². The second-order valence-electron chi connectivity index (χ2n) is 6.52. The predicted molar refractivity (Wildman–Crippen MR) is 100 cm³/mol. The minimum atomic E-state index is -1.19. The normalized spacial score (nSPS) is 10.6. The van der Waals surface area contributed by atoms with Crippen LogP contribution in [0.2, 0.25) is 0 Å². The van der Waals surface area contributed by atoms with Crippen LogP contribution in [0.5, 0.6) is 5.75 Å². The molecule has 0 atom stereocenters. The summed E-state index contributed by atoms with van der Waals surface area (Å²) in [6, 6.07) is 4.04. The van der Waals surface area contributed by atoms with Crippen LogP contribution in [0.3, 0.4) is 0 Å². The van der Waals surface area contributed by atoms with Crippen LogP contribution in [0.1, 0.15) is 87.9 Å². The van der Waals surface area contributed by atoms with Crippen molar-refractivity contribution < 1.29 is 19.8 Å². The molecule has 0 aliphatic rings. The van der Waals surface area contributed by atoms with Gasteiger partial charge in [-0.25, -0.2) is 4.79 Å². The van der Waals surface area contributed by atoms with Gasteiger partial charge < -0.3 is 15.5 Å². The van der Waals surface area contributed by atoms with Gasteiger partial charge in [-0.3, -0.25) is 4.79 Å². The molecule has 0 aromatic heterocycles. The van der Waals surface area contributed by atoms with E-state index in [1.807, 2.05) is 0 Å². The van der Waals surface area contributed by atoms with Gasteiger partial charge in [0.1, 0.15) is 11.3 Å². The number of hydrogen-bond acceptors (Lipinski definition) is 3. The molecule has 140 valence electrons. The number of nitrogens with one attached hydrogen (secondary N) is 1. The molecule has 0 heterocycles. The van der Waals surface area contributed by atoms with E-state index in [9.17, 15) is 14.7 Å². The van der Waals surface area contributed by atoms with Gasteiger partial charge in [-0.2, -0.15) is 0 Å². The van der Waals surface area contributed by atoms with Gasteiger partial charge in [0.05, 0.1) is 0 Å². The first kappa shape index (κ1) is 21.0. The number of carbonyl (C=O) groups is 2. The van der Waals surface area contributed by atoms with Crippen LogP contribution in [0, 0.1) is 0 Å². The molecule has 5 nitrogen and oxygen atoms in total. The van der Waals surface area contributed by atoms with E-state index in [4.69, 9.17) is 5.11 Å². The molecule has 0 saturated carbocycles. The maximum Gasteiger partial charge on any atom is 0.339 e. The van der Waals surface area contributed by atoms with E-state index in [2.05, 4.69) is 12.2 Å². The monoisotopic (exact) mass is 349 g/mol. The van der Waals surface area contributed by atoms with E-state index in [1.54, 1.807) is 0 Å². The number of carboxylic acid groups (broad SMARTS) is 1. The number of benzene rings is 1. The predicted octanol–water partition coefficient (Wildman–Crippen LogP) is 5.34. The summed E-state index contributed by atoms with van der Waals surface area (Å²) in [5, 5.41) is 21.1. The summed E-state index contributed by atoms with van der Waals surface area (Å²) in [4.78, 5) is 22.7. The number of phenols is 1. The van der Waals surface area contributed by atoms with Crippen molar-refractivity contribution in [3.05, 3.63) is 23.8 Å². The van der Waals surface area contributed by atoms with Gasteiger partial charge in [-0.05, 0) is 18.6 Å². The Hall–Kier alpha value is -2.04. The third-order valence-corrected chi connectivity index (χ3v) is 4.27. The lowest BCUT2D eigenvalue weighted by Crippen LogP contribution is -2.11. The van der Waals surface area contributed by atoms with Crippen LogP contribution in [-0.4, -0.2) is 22.1 Å². The third-order valence-electron chi connectivity index (χ3n) is 4.27. The average molecular weight is 349 g/mol. The number of aromatic hydroxyl groups is 1. The first-order valence-corrected chi connectivity index (χ1v) is 9.40. The van der Waals surface area contributed by atoms with Gasteiger partial charge in [0.15, 0.2) is 0 Å². The molecule has 0 bridgehead atoms. The zero-order valence-corrected chi connectivity index (χ0v) is 15.2. The fraction of sp³-hybridized carbons (Fsp3) is 0.600. The van der Waals surface area contributed by atoms with Crippen molar-refractivity contribution in [1.29, 1.82) is 0 Å². The first-order chi connectivity index (χ1) is 12.0. The molecule has 5 heteroatoms. The fourth-order valence-corrected chi connectivity index (χ4v) is 2.79. The minimum absolute atomic E-state index is 0.109. The highest BCUT2D eigenvalue weighted by Gasteiger charge is 2.10. The highest BCUT2D eigenvalue weighted by molar-refractivity contribution is 5.94. The molecule has 0 aliphatic heterocycles. The Morgan fingerprint density at radius 1 is 0.920 bits per heavy atom. The molecule has 1 aromatic carbocycles. The second-order valence-corrected chi connectivity index (χ2v) is 6.52.